The normalized spacial score (nSPS) is 30.0. The minimum Gasteiger partial charge on any atom is -0.323 e. The molecule has 0 bridgehead atoms. The molecule has 3 nitrogen and oxygen atoms in total. The highest BCUT2D eigenvalue weighted by Gasteiger charge is 2.43. The first-order chi connectivity index (χ1) is 10.0. The largest absolute Gasteiger partial charge is 0.323 e. The maximum Gasteiger partial charge on any atom is 0.241 e. The van der Waals surface area contributed by atoms with E-state index in [1.807, 2.05) is 0 Å². The second-order valence-electron chi connectivity index (χ2n) is 7.57. The van der Waals surface area contributed by atoms with Gasteiger partial charge in [0.05, 0.1) is 12.2 Å². The number of hydrogen-bond acceptors (Lipinski definition) is 2. The Morgan fingerprint density at radius 1 is 1.14 bits per heavy atom. The second kappa shape index (κ2) is 7.62. The van der Waals surface area contributed by atoms with E-state index in [4.69, 9.17) is 0 Å². The van der Waals surface area contributed by atoms with Crippen molar-refractivity contribution in [2.24, 2.45) is 11.8 Å². The van der Waals surface area contributed by atoms with E-state index in [0.29, 0.717) is 23.8 Å². The third-order valence-electron chi connectivity index (χ3n) is 5.35. The van der Waals surface area contributed by atoms with Crippen LogP contribution in [-0.4, -0.2) is 29.1 Å². The Morgan fingerprint density at radius 2 is 1.76 bits per heavy atom. The third-order valence-corrected chi connectivity index (χ3v) is 5.35. The van der Waals surface area contributed by atoms with E-state index in [1.54, 1.807) is 0 Å². The summed E-state index contributed by atoms with van der Waals surface area (Å²) < 4.78 is 0. The van der Waals surface area contributed by atoms with Crippen molar-refractivity contribution >= 4 is 5.91 Å². The van der Waals surface area contributed by atoms with Crippen molar-refractivity contribution in [3.05, 3.63) is 0 Å². The van der Waals surface area contributed by atoms with Crippen LogP contribution in [0.15, 0.2) is 0 Å². The van der Waals surface area contributed by atoms with Crippen LogP contribution < -0.4 is 5.32 Å². The van der Waals surface area contributed by atoms with Crippen LogP contribution in [0.1, 0.15) is 79.1 Å². The zero-order chi connectivity index (χ0) is 15.4. The summed E-state index contributed by atoms with van der Waals surface area (Å²) in [7, 11) is 0. The fraction of sp³-hybridized carbons (Fsp3) is 0.944. The zero-order valence-corrected chi connectivity index (χ0v) is 14.4. The first kappa shape index (κ1) is 16.8. The molecule has 3 atom stereocenters. The molecule has 0 aromatic rings. The Balaban J connectivity index is 2.14. The molecular formula is C18H34N2O. The molecule has 122 valence electrons. The van der Waals surface area contributed by atoms with Gasteiger partial charge in [-0.3, -0.25) is 10.1 Å². The Hall–Kier alpha value is -0.570. The lowest BCUT2D eigenvalue weighted by Gasteiger charge is -2.33. The zero-order valence-electron chi connectivity index (χ0n) is 14.4. The van der Waals surface area contributed by atoms with Gasteiger partial charge in [0, 0.05) is 6.04 Å². The lowest BCUT2D eigenvalue weighted by Crippen LogP contribution is -2.45. The second-order valence-corrected chi connectivity index (χ2v) is 7.57. The molecule has 0 aromatic carbocycles. The van der Waals surface area contributed by atoms with Gasteiger partial charge in [0.1, 0.15) is 0 Å². The number of nitrogens with zero attached hydrogens (tertiary/aromatic N) is 1. The topological polar surface area (TPSA) is 32.3 Å². The number of rotatable bonds is 5. The summed E-state index contributed by atoms with van der Waals surface area (Å²) in [5.41, 5.74) is 0. The molecule has 2 fully saturated rings. The van der Waals surface area contributed by atoms with E-state index >= 15 is 0 Å². The summed E-state index contributed by atoms with van der Waals surface area (Å²) in [5, 5.41) is 3.67. The summed E-state index contributed by atoms with van der Waals surface area (Å²) in [6.07, 6.45) is 10.1. The van der Waals surface area contributed by atoms with Crippen LogP contribution in [0, 0.1) is 11.8 Å². The first-order valence-corrected chi connectivity index (χ1v) is 9.12. The molecule has 21 heavy (non-hydrogen) atoms. The molecule has 1 heterocycles. The molecule has 1 aliphatic heterocycles. The molecule has 1 amide bonds. The minimum absolute atomic E-state index is 0.0435. The van der Waals surface area contributed by atoms with Crippen molar-refractivity contribution in [3.63, 3.8) is 0 Å². The van der Waals surface area contributed by atoms with Crippen LogP contribution >= 0.6 is 0 Å². The first-order valence-electron chi connectivity index (χ1n) is 9.12. The maximum absolute atomic E-state index is 13.0. The van der Waals surface area contributed by atoms with Gasteiger partial charge in [0.25, 0.3) is 0 Å². The number of nitrogens with one attached hydrogen (secondary N) is 1. The maximum atomic E-state index is 13.0. The van der Waals surface area contributed by atoms with Crippen molar-refractivity contribution in [2.45, 2.75) is 97.3 Å². The molecule has 0 aromatic heterocycles. The molecule has 1 aliphatic carbocycles. The predicted molar refractivity (Wildman–Crippen MR) is 88.0 cm³/mol. The van der Waals surface area contributed by atoms with Crippen molar-refractivity contribution < 1.29 is 4.79 Å². The van der Waals surface area contributed by atoms with Crippen LogP contribution in [-0.2, 0) is 4.79 Å². The molecule has 3 heteroatoms. The molecule has 1 N–H and O–H groups in total. The Kier molecular flexibility index (Phi) is 6.09. The molecule has 0 spiro atoms. The molecule has 2 aliphatic rings. The summed E-state index contributed by atoms with van der Waals surface area (Å²) in [6, 6.07) is 0.521. The Labute approximate surface area is 130 Å². The average molecular weight is 294 g/mol. The summed E-state index contributed by atoms with van der Waals surface area (Å²) >= 11 is 0. The van der Waals surface area contributed by atoms with Gasteiger partial charge < -0.3 is 4.90 Å². The number of hydrogen-bond donors (Lipinski definition) is 1. The monoisotopic (exact) mass is 294 g/mol. The molecular weight excluding hydrogens is 260 g/mol. The molecule has 1 saturated carbocycles. The van der Waals surface area contributed by atoms with E-state index in [-0.39, 0.29) is 12.2 Å². The van der Waals surface area contributed by atoms with E-state index in [9.17, 15) is 4.79 Å². The van der Waals surface area contributed by atoms with Crippen molar-refractivity contribution in [1.82, 2.24) is 10.2 Å². The van der Waals surface area contributed by atoms with Crippen LogP contribution in [0.3, 0.4) is 0 Å². The number of amides is 1. The van der Waals surface area contributed by atoms with Crippen molar-refractivity contribution in [2.75, 3.05) is 0 Å². The van der Waals surface area contributed by atoms with Crippen LogP contribution in [0.25, 0.3) is 0 Å². The van der Waals surface area contributed by atoms with E-state index in [2.05, 4.69) is 37.9 Å². The smallest absolute Gasteiger partial charge is 0.241 e. The van der Waals surface area contributed by atoms with Crippen LogP contribution in [0.2, 0.25) is 0 Å². The van der Waals surface area contributed by atoms with Gasteiger partial charge in [0.15, 0.2) is 0 Å². The van der Waals surface area contributed by atoms with Gasteiger partial charge in [-0.2, -0.15) is 0 Å². The molecule has 1 saturated heterocycles. The number of carbonyl (C=O) groups excluding carboxylic acids is 1. The standard InChI is InChI=1S/C18H34N2O/c1-5-14(4)17-18(21)20(16(19-17)12-13(2)3)15-10-8-6-7-9-11-15/h13-17,19H,5-12H2,1-4H3. The summed E-state index contributed by atoms with van der Waals surface area (Å²) in [5.74, 6) is 1.43. The van der Waals surface area contributed by atoms with Crippen molar-refractivity contribution in [3.8, 4) is 0 Å². The van der Waals surface area contributed by atoms with Crippen LogP contribution in [0.4, 0.5) is 0 Å². The quantitative estimate of drug-likeness (QED) is 0.779. The fourth-order valence-electron chi connectivity index (χ4n) is 3.91. The predicted octanol–water partition coefficient (Wildman–Crippen LogP) is 3.93. The Bertz CT molecular complexity index is 334. The Morgan fingerprint density at radius 3 is 2.29 bits per heavy atom. The SMILES string of the molecule is CCC(C)C1NC(CC(C)C)N(C2CCCCCC2)C1=O. The highest BCUT2D eigenvalue weighted by atomic mass is 16.2. The van der Waals surface area contributed by atoms with Gasteiger partial charge in [0.2, 0.25) is 5.91 Å². The summed E-state index contributed by atoms with van der Waals surface area (Å²) in [4.78, 5) is 15.2. The molecule has 0 radical (unpaired) electrons. The van der Waals surface area contributed by atoms with Gasteiger partial charge >= 0.3 is 0 Å². The fourth-order valence-corrected chi connectivity index (χ4v) is 3.91. The molecule has 2 rings (SSSR count). The average Bonchev–Trinajstić information content (AvgIpc) is 2.65. The highest BCUT2D eigenvalue weighted by Crippen LogP contribution is 2.30. The number of carbonyl (C=O) groups is 1. The van der Waals surface area contributed by atoms with Gasteiger partial charge in [-0.1, -0.05) is 59.8 Å². The molecule has 3 unspecified atom stereocenters. The van der Waals surface area contributed by atoms with E-state index in [1.165, 1.54) is 38.5 Å². The lowest BCUT2D eigenvalue weighted by molar-refractivity contribution is -0.133. The van der Waals surface area contributed by atoms with Gasteiger partial charge in [-0.25, -0.2) is 0 Å². The van der Waals surface area contributed by atoms with E-state index < -0.39 is 0 Å². The minimum atomic E-state index is 0.0435. The highest BCUT2D eigenvalue weighted by molar-refractivity contribution is 5.85. The van der Waals surface area contributed by atoms with E-state index in [0.717, 1.165) is 12.8 Å². The third kappa shape index (κ3) is 4.00. The lowest BCUT2D eigenvalue weighted by atomic mass is 9.98. The van der Waals surface area contributed by atoms with Crippen LogP contribution in [0.5, 0.6) is 0 Å². The van der Waals surface area contributed by atoms with Gasteiger partial charge in [-0.15, -0.1) is 0 Å². The van der Waals surface area contributed by atoms with Crippen molar-refractivity contribution in [1.29, 1.82) is 0 Å². The summed E-state index contributed by atoms with van der Waals surface area (Å²) in [6.45, 7) is 8.91. The van der Waals surface area contributed by atoms with Gasteiger partial charge in [-0.05, 0) is 31.1 Å².